The summed E-state index contributed by atoms with van der Waals surface area (Å²) >= 11 is 20.3. The van der Waals surface area contributed by atoms with Crippen LogP contribution in [0.2, 0.25) is 13.8 Å². The molecular weight excluding hydrogens is 529 g/mol. The highest BCUT2D eigenvalue weighted by Crippen LogP contribution is 2.33. The number of fused-ring (bicyclic) bond motifs is 1. The number of ether oxygens (including phenoxy) is 2. The molecule has 7 nitrogen and oxygen atoms in total. The summed E-state index contributed by atoms with van der Waals surface area (Å²) in [6, 6.07) is 10.1. The molecule has 4 rings (SSSR count). The fourth-order valence-corrected chi connectivity index (χ4v) is 4.97. The van der Waals surface area contributed by atoms with E-state index in [1.54, 1.807) is 37.3 Å². The molecule has 0 saturated heterocycles. The van der Waals surface area contributed by atoms with E-state index in [0.717, 1.165) is 15.8 Å². The summed E-state index contributed by atoms with van der Waals surface area (Å²) in [6.07, 6.45) is 0. The summed E-state index contributed by atoms with van der Waals surface area (Å²) in [4.78, 5) is 32.0. The molecule has 0 aliphatic rings. The Balaban J connectivity index is 0.000000218. The zero-order valence-electron chi connectivity index (χ0n) is 17.2. The van der Waals surface area contributed by atoms with Crippen LogP contribution >= 0.6 is 57.5 Å². The van der Waals surface area contributed by atoms with E-state index in [0.29, 0.717) is 42.4 Å². The Labute approximate surface area is 212 Å². The van der Waals surface area contributed by atoms with Gasteiger partial charge in [-0.1, -0.05) is 46.9 Å². The highest BCUT2D eigenvalue weighted by atomic mass is 35.5. The van der Waals surface area contributed by atoms with Gasteiger partial charge in [-0.3, -0.25) is 0 Å². The Bertz CT molecular complexity index is 1310. The molecule has 2 N–H and O–H groups in total. The molecule has 0 bridgehead atoms. The monoisotopic (exact) mass is 543 g/mol. The second-order valence-electron chi connectivity index (χ2n) is 6.23. The fourth-order valence-electron chi connectivity index (χ4n) is 2.60. The molecule has 0 unspecified atom stereocenters. The van der Waals surface area contributed by atoms with Crippen LogP contribution in [-0.2, 0) is 9.47 Å². The molecule has 0 atom stereocenters. The number of halogens is 3. The van der Waals surface area contributed by atoms with E-state index in [4.69, 9.17) is 45.3 Å². The molecule has 0 radical (unpaired) electrons. The number of nitrogens with two attached hydrogens (primary N) is 1. The number of carbonyl (C=O) groups excluding carboxylic acids is 2. The summed E-state index contributed by atoms with van der Waals surface area (Å²) in [5.41, 5.74) is 7.08. The van der Waals surface area contributed by atoms with Gasteiger partial charge in [0.2, 0.25) is 0 Å². The number of thiophene rings is 2. The first-order valence-corrected chi connectivity index (χ1v) is 12.0. The van der Waals surface area contributed by atoms with Gasteiger partial charge in [0.05, 0.1) is 38.9 Å². The number of esters is 2. The lowest BCUT2D eigenvalue weighted by Crippen LogP contribution is -2.05. The highest BCUT2D eigenvalue weighted by Gasteiger charge is 2.14. The van der Waals surface area contributed by atoms with Gasteiger partial charge in [-0.05, 0) is 31.2 Å². The predicted octanol–water partition coefficient (Wildman–Crippen LogP) is 6.61. The first-order chi connectivity index (χ1) is 15.7. The minimum Gasteiger partial charge on any atom is -0.465 e. The number of nitrogen functional groups attached to an aromatic ring is 1. The molecular formula is C21H16Cl3N3O4S2. The van der Waals surface area contributed by atoms with Crippen molar-refractivity contribution in [3.8, 4) is 11.4 Å². The number of rotatable bonds is 4. The van der Waals surface area contributed by atoms with Crippen LogP contribution in [0.3, 0.4) is 0 Å². The average molecular weight is 545 g/mol. The van der Waals surface area contributed by atoms with Gasteiger partial charge >= 0.3 is 11.9 Å². The summed E-state index contributed by atoms with van der Waals surface area (Å²) in [5, 5.41) is 1.50. The van der Waals surface area contributed by atoms with Gasteiger partial charge in [0, 0.05) is 5.56 Å². The van der Waals surface area contributed by atoms with E-state index >= 15 is 0 Å². The van der Waals surface area contributed by atoms with Crippen LogP contribution in [0.1, 0.15) is 27.6 Å². The lowest BCUT2D eigenvalue weighted by molar-refractivity contribution is 0.0527. The third-order valence-corrected chi connectivity index (χ3v) is 6.65. The van der Waals surface area contributed by atoms with Crippen molar-refractivity contribution in [1.82, 2.24) is 9.97 Å². The Morgan fingerprint density at radius 2 is 1.67 bits per heavy atom. The molecule has 1 aromatic carbocycles. The molecule has 0 saturated carbocycles. The van der Waals surface area contributed by atoms with Crippen molar-refractivity contribution in [3.05, 3.63) is 61.4 Å². The molecule has 0 aliphatic heterocycles. The lowest BCUT2D eigenvalue weighted by atomic mass is 10.1. The van der Waals surface area contributed by atoms with Crippen LogP contribution in [0, 0.1) is 0 Å². The summed E-state index contributed by atoms with van der Waals surface area (Å²) in [6.45, 7) is 2.08. The Kier molecular flexibility index (Phi) is 8.50. The second kappa shape index (κ2) is 11.1. The van der Waals surface area contributed by atoms with Gasteiger partial charge in [0.1, 0.15) is 15.0 Å². The Hall–Kier alpha value is -2.43. The van der Waals surface area contributed by atoms with Gasteiger partial charge in [0.15, 0.2) is 5.82 Å². The van der Waals surface area contributed by atoms with Crippen molar-refractivity contribution >= 4 is 84.6 Å². The maximum Gasteiger partial charge on any atom is 0.341 e. The van der Waals surface area contributed by atoms with Gasteiger partial charge in [0.25, 0.3) is 0 Å². The van der Waals surface area contributed by atoms with Gasteiger partial charge < -0.3 is 15.2 Å². The third kappa shape index (κ3) is 6.13. The molecule has 4 aromatic rings. The van der Waals surface area contributed by atoms with Crippen molar-refractivity contribution in [2.75, 3.05) is 19.5 Å². The van der Waals surface area contributed by atoms with Crippen molar-refractivity contribution in [3.63, 3.8) is 0 Å². The number of hydrogen-bond acceptors (Lipinski definition) is 9. The van der Waals surface area contributed by atoms with Crippen LogP contribution < -0.4 is 5.73 Å². The minimum atomic E-state index is -0.418. The van der Waals surface area contributed by atoms with Crippen molar-refractivity contribution in [2.24, 2.45) is 0 Å². The largest absolute Gasteiger partial charge is 0.465 e. The van der Waals surface area contributed by atoms with Crippen molar-refractivity contribution in [1.29, 1.82) is 0 Å². The number of benzene rings is 1. The summed E-state index contributed by atoms with van der Waals surface area (Å²) < 4.78 is 10.5. The number of anilines is 1. The maximum absolute atomic E-state index is 11.4. The highest BCUT2D eigenvalue weighted by molar-refractivity contribution is 7.22. The van der Waals surface area contributed by atoms with Crippen LogP contribution in [0.4, 0.5) is 5.00 Å². The Morgan fingerprint density at radius 1 is 1.00 bits per heavy atom. The topological polar surface area (TPSA) is 104 Å². The molecule has 172 valence electrons. The van der Waals surface area contributed by atoms with E-state index in [2.05, 4.69) is 14.7 Å². The molecule has 3 heterocycles. The van der Waals surface area contributed by atoms with E-state index in [9.17, 15) is 9.59 Å². The maximum atomic E-state index is 11.4. The van der Waals surface area contributed by atoms with Crippen LogP contribution in [0.5, 0.6) is 0 Å². The van der Waals surface area contributed by atoms with E-state index in [-0.39, 0.29) is 5.97 Å². The van der Waals surface area contributed by atoms with Gasteiger partial charge in [-0.2, -0.15) is 0 Å². The Morgan fingerprint density at radius 3 is 2.24 bits per heavy atom. The SMILES string of the molecule is CCOC(=O)c1cc(Cl)sc1N.COC(=O)c1ccc(-c2nc(Cl)c3cc(Cl)sc3n2)cc1. The normalized spacial score (nSPS) is 10.5. The van der Waals surface area contributed by atoms with Crippen LogP contribution in [-0.4, -0.2) is 35.6 Å². The van der Waals surface area contributed by atoms with Crippen LogP contribution in [0.25, 0.3) is 21.6 Å². The van der Waals surface area contributed by atoms with E-state index in [1.807, 2.05) is 0 Å². The first kappa shape index (κ1) is 25.2. The third-order valence-electron chi connectivity index (χ3n) is 4.11. The molecule has 0 aliphatic carbocycles. The zero-order chi connectivity index (χ0) is 24.1. The summed E-state index contributed by atoms with van der Waals surface area (Å²) in [7, 11) is 1.34. The first-order valence-electron chi connectivity index (χ1n) is 9.26. The van der Waals surface area contributed by atoms with E-state index in [1.165, 1.54) is 35.8 Å². The number of hydrogen-bond donors (Lipinski definition) is 1. The quantitative estimate of drug-likeness (QED) is 0.228. The standard InChI is InChI=1S/C14H8Cl2N2O2S.C7H8ClNO2S/c1-20-14(19)8-4-2-7(3-5-8)12-17-11(16)9-6-10(15)21-13(9)18-12;1-2-11-7(10)4-3-5(8)12-6(4)9/h2-6H,1H3;3H,2,9H2,1H3. The molecule has 0 fully saturated rings. The molecule has 0 amide bonds. The lowest BCUT2D eigenvalue weighted by Gasteiger charge is -2.03. The number of aromatic nitrogens is 2. The number of carbonyl (C=O) groups is 2. The molecule has 12 heteroatoms. The molecule has 3 aromatic heterocycles. The predicted molar refractivity (Wildman–Crippen MR) is 134 cm³/mol. The molecule has 33 heavy (non-hydrogen) atoms. The minimum absolute atomic E-state index is 0.339. The van der Waals surface area contributed by atoms with Gasteiger partial charge in [-0.15, -0.1) is 22.7 Å². The number of methoxy groups -OCH3 is 1. The van der Waals surface area contributed by atoms with Crippen molar-refractivity contribution in [2.45, 2.75) is 6.92 Å². The summed E-state index contributed by atoms with van der Waals surface area (Å²) in [5.74, 6) is -0.318. The smallest absolute Gasteiger partial charge is 0.341 e. The number of nitrogens with zero attached hydrogens (tertiary/aromatic N) is 2. The average Bonchev–Trinajstić information content (AvgIpc) is 3.34. The molecule has 0 spiro atoms. The van der Waals surface area contributed by atoms with Gasteiger partial charge in [-0.25, -0.2) is 19.6 Å². The second-order valence-corrected chi connectivity index (χ2v) is 9.96. The zero-order valence-corrected chi connectivity index (χ0v) is 21.1. The van der Waals surface area contributed by atoms with Crippen LogP contribution in [0.15, 0.2) is 36.4 Å². The van der Waals surface area contributed by atoms with E-state index < -0.39 is 5.97 Å². The van der Waals surface area contributed by atoms with Crippen molar-refractivity contribution < 1.29 is 19.1 Å². The fraction of sp³-hybridized carbons (Fsp3) is 0.143.